The molecule has 4 heteroatoms. The largest absolute Gasteiger partial charge is 0.323 e. The van der Waals surface area contributed by atoms with Crippen LogP contribution in [0.25, 0.3) is 0 Å². The normalized spacial score (nSPS) is 15.1. The van der Waals surface area contributed by atoms with Gasteiger partial charge in [0.25, 0.3) is 0 Å². The van der Waals surface area contributed by atoms with E-state index in [9.17, 15) is 9.18 Å². The Kier molecular flexibility index (Phi) is 3.19. The van der Waals surface area contributed by atoms with Crippen LogP contribution >= 0.6 is 0 Å². The van der Waals surface area contributed by atoms with Crippen LogP contribution in [0.5, 0.6) is 0 Å². The highest BCUT2D eigenvalue weighted by molar-refractivity contribution is 5.89. The summed E-state index contributed by atoms with van der Waals surface area (Å²) in [6.45, 7) is 0. The number of carbonyl (C=O) groups is 1. The minimum absolute atomic E-state index is 0.316. The van der Waals surface area contributed by atoms with Gasteiger partial charge in [-0.25, -0.2) is 9.18 Å². The summed E-state index contributed by atoms with van der Waals surface area (Å²) in [7, 11) is 0. The molecule has 0 radical (unpaired) electrons. The minimum atomic E-state index is -0.320. The topological polar surface area (TPSA) is 41.1 Å². The van der Waals surface area contributed by atoms with Crippen LogP contribution < -0.4 is 10.6 Å². The highest BCUT2D eigenvalue weighted by atomic mass is 19.1. The second kappa shape index (κ2) is 4.79. The summed E-state index contributed by atoms with van der Waals surface area (Å²) < 4.78 is 12.6. The van der Waals surface area contributed by atoms with Crippen LogP contribution in [-0.4, -0.2) is 6.03 Å². The molecule has 0 aliphatic heterocycles. The summed E-state index contributed by atoms with van der Waals surface area (Å²) in [6.07, 6.45) is 6.04. The van der Waals surface area contributed by atoms with Gasteiger partial charge in [-0.3, -0.25) is 0 Å². The van der Waals surface area contributed by atoms with Crippen LogP contribution in [0.3, 0.4) is 0 Å². The van der Waals surface area contributed by atoms with Gasteiger partial charge in [-0.2, -0.15) is 0 Å². The van der Waals surface area contributed by atoms with Crippen molar-refractivity contribution < 1.29 is 9.18 Å². The number of carbonyl (C=O) groups excluding carboxylic acids is 1. The van der Waals surface area contributed by atoms with Crippen LogP contribution in [0.2, 0.25) is 0 Å². The lowest BCUT2D eigenvalue weighted by molar-refractivity contribution is 0.255. The molecule has 0 spiro atoms. The lowest BCUT2D eigenvalue weighted by Crippen LogP contribution is -2.23. The van der Waals surface area contributed by atoms with E-state index in [4.69, 9.17) is 0 Å². The maximum absolute atomic E-state index is 12.6. The Labute approximate surface area is 93.4 Å². The predicted molar refractivity (Wildman–Crippen MR) is 60.4 cm³/mol. The second-order valence-corrected chi connectivity index (χ2v) is 3.80. The first kappa shape index (κ1) is 10.7. The van der Waals surface area contributed by atoms with Crippen LogP contribution in [0.15, 0.2) is 36.5 Å². The van der Waals surface area contributed by atoms with Gasteiger partial charge in [0.2, 0.25) is 0 Å². The van der Waals surface area contributed by atoms with Crippen LogP contribution in [0.4, 0.5) is 14.9 Å². The second-order valence-electron chi connectivity index (χ2n) is 3.80. The van der Waals surface area contributed by atoms with E-state index in [1.54, 1.807) is 6.20 Å². The van der Waals surface area contributed by atoms with E-state index in [1.165, 1.54) is 37.1 Å². The Morgan fingerprint density at radius 1 is 1.31 bits per heavy atom. The Morgan fingerprint density at radius 3 is 2.62 bits per heavy atom. The van der Waals surface area contributed by atoms with Gasteiger partial charge in [0, 0.05) is 11.9 Å². The molecule has 16 heavy (non-hydrogen) atoms. The molecule has 0 atom stereocenters. The zero-order chi connectivity index (χ0) is 11.4. The van der Waals surface area contributed by atoms with Gasteiger partial charge in [-0.15, -0.1) is 0 Å². The van der Waals surface area contributed by atoms with Gasteiger partial charge in [0.1, 0.15) is 5.82 Å². The summed E-state index contributed by atoms with van der Waals surface area (Å²) in [5.74, 6) is 0.311. The van der Waals surface area contributed by atoms with E-state index in [2.05, 4.69) is 10.6 Å². The first-order chi connectivity index (χ1) is 7.74. The zero-order valence-electron chi connectivity index (χ0n) is 8.74. The zero-order valence-corrected chi connectivity index (χ0v) is 8.74. The molecular formula is C12H13FN2O. The maximum atomic E-state index is 12.6. The van der Waals surface area contributed by atoms with Crippen molar-refractivity contribution in [1.29, 1.82) is 0 Å². The fourth-order valence-corrected chi connectivity index (χ4v) is 1.25. The predicted octanol–water partition coefficient (Wildman–Crippen LogP) is 2.87. The van der Waals surface area contributed by atoms with Gasteiger partial charge >= 0.3 is 6.03 Å². The average molecular weight is 220 g/mol. The fourth-order valence-electron chi connectivity index (χ4n) is 1.25. The molecule has 2 rings (SSSR count). The number of hydrogen-bond donors (Lipinski definition) is 2. The average Bonchev–Trinajstić information content (AvgIpc) is 3.05. The highest BCUT2D eigenvalue weighted by Gasteiger charge is 2.16. The molecule has 84 valence electrons. The van der Waals surface area contributed by atoms with E-state index in [-0.39, 0.29) is 11.8 Å². The molecule has 1 aromatic carbocycles. The van der Waals surface area contributed by atoms with Crippen molar-refractivity contribution in [3.05, 3.63) is 42.4 Å². The third-order valence-corrected chi connectivity index (χ3v) is 2.31. The Balaban J connectivity index is 1.79. The molecule has 0 aromatic heterocycles. The van der Waals surface area contributed by atoms with Crippen molar-refractivity contribution in [1.82, 2.24) is 5.32 Å². The van der Waals surface area contributed by atoms with Gasteiger partial charge < -0.3 is 10.6 Å². The molecule has 1 saturated carbocycles. The van der Waals surface area contributed by atoms with Gasteiger partial charge in [-0.1, -0.05) is 6.08 Å². The number of allylic oxidation sites excluding steroid dienone is 1. The molecule has 1 fully saturated rings. The maximum Gasteiger partial charge on any atom is 0.323 e. The lowest BCUT2D eigenvalue weighted by Gasteiger charge is -2.03. The van der Waals surface area contributed by atoms with Crippen molar-refractivity contribution >= 4 is 11.7 Å². The molecule has 2 amide bonds. The van der Waals surface area contributed by atoms with Gasteiger partial charge in [0.05, 0.1) is 0 Å². The lowest BCUT2D eigenvalue weighted by atomic mass is 10.3. The molecular weight excluding hydrogens is 207 g/mol. The minimum Gasteiger partial charge on any atom is -0.315 e. The molecule has 1 aliphatic carbocycles. The molecule has 1 aromatic rings. The van der Waals surface area contributed by atoms with E-state index in [0.717, 1.165) is 0 Å². The smallest absolute Gasteiger partial charge is 0.315 e. The molecule has 2 N–H and O–H groups in total. The molecule has 3 nitrogen and oxygen atoms in total. The molecule has 1 aliphatic rings. The van der Waals surface area contributed by atoms with E-state index < -0.39 is 0 Å². The Bertz CT molecular complexity index is 396. The summed E-state index contributed by atoms with van der Waals surface area (Å²) in [5, 5.41) is 5.19. The van der Waals surface area contributed by atoms with Crippen LogP contribution in [-0.2, 0) is 0 Å². The van der Waals surface area contributed by atoms with E-state index in [0.29, 0.717) is 11.6 Å². The first-order valence-corrected chi connectivity index (χ1v) is 5.24. The van der Waals surface area contributed by atoms with E-state index >= 15 is 0 Å². The van der Waals surface area contributed by atoms with Crippen LogP contribution in [0.1, 0.15) is 12.8 Å². The van der Waals surface area contributed by atoms with Gasteiger partial charge in [-0.05, 0) is 43.0 Å². The van der Waals surface area contributed by atoms with Gasteiger partial charge in [0.15, 0.2) is 0 Å². The number of urea groups is 1. The van der Waals surface area contributed by atoms with Crippen molar-refractivity contribution in [2.24, 2.45) is 5.92 Å². The summed E-state index contributed by atoms with van der Waals surface area (Å²) in [6, 6.07) is 5.31. The Hall–Kier alpha value is -1.84. The number of halogens is 1. The molecule has 0 bridgehead atoms. The number of hydrogen-bond acceptors (Lipinski definition) is 1. The molecule has 0 saturated heterocycles. The quantitative estimate of drug-likeness (QED) is 0.808. The summed E-state index contributed by atoms with van der Waals surface area (Å²) in [4.78, 5) is 11.3. The monoisotopic (exact) mass is 220 g/mol. The van der Waals surface area contributed by atoms with Crippen molar-refractivity contribution in [3.63, 3.8) is 0 Å². The third-order valence-electron chi connectivity index (χ3n) is 2.31. The van der Waals surface area contributed by atoms with Crippen LogP contribution in [0, 0.1) is 11.7 Å². The van der Waals surface area contributed by atoms with Crippen molar-refractivity contribution in [2.75, 3.05) is 5.32 Å². The summed E-state index contributed by atoms with van der Waals surface area (Å²) in [5.41, 5.74) is 0.568. The number of anilines is 1. The number of benzene rings is 1. The SMILES string of the molecule is O=C(N/C=C/C1CC1)Nc1ccc(F)cc1. The van der Waals surface area contributed by atoms with E-state index in [1.807, 2.05) is 6.08 Å². The van der Waals surface area contributed by atoms with Crippen molar-refractivity contribution in [3.8, 4) is 0 Å². The number of rotatable bonds is 3. The highest BCUT2D eigenvalue weighted by Crippen LogP contribution is 2.29. The first-order valence-electron chi connectivity index (χ1n) is 5.24. The number of nitrogens with one attached hydrogen (secondary N) is 2. The molecule has 0 heterocycles. The summed E-state index contributed by atoms with van der Waals surface area (Å²) >= 11 is 0. The Morgan fingerprint density at radius 2 is 2.00 bits per heavy atom. The fraction of sp³-hybridized carbons (Fsp3) is 0.250. The standard InChI is InChI=1S/C12H13FN2O/c13-10-3-5-11(6-4-10)15-12(16)14-8-7-9-1-2-9/h3-9H,1-2H2,(H2,14,15,16)/b8-7+. The molecule has 0 unspecified atom stereocenters. The number of amides is 2. The third kappa shape index (κ3) is 3.38. The van der Waals surface area contributed by atoms with Crippen molar-refractivity contribution in [2.45, 2.75) is 12.8 Å².